The first-order valence-electron chi connectivity index (χ1n) is 12.1. The zero-order valence-corrected chi connectivity index (χ0v) is 21.0. The van der Waals surface area contributed by atoms with Gasteiger partial charge >= 0.3 is 0 Å². The summed E-state index contributed by atoms with van der Waals surface area (Å²) in [5.74, 6) is 0. The van der Waals surface area contributed by atoms with Crippen molar-refractivity contribution in [1.29, 1.82) is 0 Å². The topological polar surface area (TPSA) is 22.0 Å². The lowest BCUT2D eigenvalue weighted by atomic mass is 10.1. The zero-order chi connectivity index (χ0) is 24.7. The Kier molecular flexibility index (Phi) is 5.48. The summed E-state index contributed by atoms with van der Waals surface area (Å²) < 4.78 is 17.1. The highest BCUT2D eigenvalue weighted by molar-refractivity contribution is 7.85. The van der Waals surface area contributed by atoms with Crippen molar-refractivity contribution in [3.05, 3.63) is 139 Å². The Balaban J connectivity index is 1.53. The van der Waals surface area contributed by atoms with Gasteiger partial charge in [-0.05, 0) is 55.0 Å². The SMILES string of the molecule is C=Cc1ccc(P(=O)(c2ccccc2)c2ccc(-n3c4ccccc4c4cc(C)ccc43)cc2)cc1. The van der Waals surface area contributed by atoms with Crippen molar-refractivity contribution in [2.24, 2.45) is 0 Å². The van der Waals surface area contributed by atoms with Crippen LogP contribution in [0.25, 0.3) is 33.6 Å². The Morgan fingerprint density at radius 2 is 1.22 bits per heavy atom. The van der Waals surface area contributed by atoms with Crippen LogP contribution in [0.2, 0.25) is 0 Å². The third kappa shape index (κ3) is 3.54. The van der Waals surface area contributed by atoms with Gasteiger partial charge in [-0.1, -0.05) is 97.1 Å². The molecule has 1 unspecified atom stereocenters. The van der Waals surface area contributed by atoms with E-state index in [1.165, 1.54) is 21.9 Å². The first-order chi connectivity index (χ1) is 17.6. The van der Waals surface area contributed by atoms with Crippen LogP contribution in [0.1, 0.15) is 11.1 Å². The van der Waals surface area contributed by atoms with Gasteiger partial charge in [-0.3, -0.25) is 0 Å². The molecular formula is C33H26NOP. The summed E-state index contributed by atoms with van der Waals surface area (Å²) in [5.41, 5.74) is 5.63. The van der Waals surface area contributed by atoms with E-state index >= 15 is 0 Å². The van der Waals surface area contributed by atoms with Gasteiger partial charge in [-0.15, -0.1) is 0 Å². The standard InChI is InChI=1S/C33H26NOP/c1-3-25-14-18-28(19-15-25)36(35,27-9-5-4-6-10-27)29-20-16-26(17-21-29)34-32-12-8-7-11-30(32)31-23-24(2)13-22-33(31)34/h3-23H,1H2,2H3. The van der Waals surface area contributed by atoms with E-state index in [1.807, 2.05) is 66.7 Å². The van der Waals surface area contributed by atoms with E-state index in [4.69, 9.17) is 0 Å². The summed E-state index contributed by atoms with van der Waals surface area (Å²) >= 11 is 0. The lowest BCUT2D eigenvalue weighted by Gasteiger charge is -2.21. The van der Waals surface area contributed by atoms with Crippen molar-refractivity contribution >= 4 is 50.9 Å². The minimum atomic E-state index is -3.05. The number of rotatable bonds is 5. The molecule has 174 valence electrons. The van der Waals surface area contributed by atoms with Crippen LogP contribution in [0.15, 0.2) is 128 Å². The summed E-state index contributed by atoms with van der Waals surface area (Å²) in [4.78, 5) is 0. The second kappa shape index (κ2) is 8.82. The van der Waals surface area contributed by atoms with Gasteiger partial charge in [0, 0.05) is 32.4 Å². The Morgan fingerprint density at radius 3 is 1.92 bits per heavy atom. The van der Waals surface area contributed by atoms with Gasteiger partial charge in [0.1, 0.15) is 0 Å². The molecule has 0 bridgehead atoms. The number of fused-ring (bicyclic) bond motifs is 3. The molecule has 2 nitrogen and oxygen atoms in total. The molecule has 0 aliphatic carbocycles. The summed E-state index contributed by atoms with van der Waals surface area (Å²) in [6.45, 7) is 5.98. The number of hydrogen-bond acceptors (Lipinski definition) is 1. The highest BCUT2D eigenvalue weighted by Crippen LogP contribution is 2.43. The fraction of sp³-hybridized carbons (Fsp3) is 0.0303. The highest BCUT2D eigenvalue weighted by Gasteiger charge is 2.29. The van der Waals surface area contributed by atoms with E-state index < -0.39 is 7.14 Å². The number of para-hydroxylation sites is 1. The van der Waals surface area contributed by atoms with Crippen molar-refractivity contribution in [3.63, 3.8) is 0 Å². The minimum absolute atomic E-state index is 0.819. The first kappa shape index (κ1) is 22.3. The lowest BCUT2D eigenvalue weighted by Crippen LogP contribution is -2.25. The minimum Gasteiger partial charge on any atom is -0.309 e. The van der Waals surface area contributed by atoms with Crippen molar-refractivity contribution in [3.8, 4) is 5.69 Å². The first-order valence-corrected chi connectivity index (χ1v) is 13.8. The Hall–Kier alpha value is -4.13. The van der Waals surface area contributed by atoms with Gasteiger partial charge in [0.15, 0.2) is 7.14 Å². The van der Waals surface area contributed by atoms with E-state index in [9.17, 15) is 4.57 Å². The average Bonchev–Trinajstić information content (AvgIpc) is 3.27. The molecule has 3 heteroatoms. The highest BCUT2D eigenvalue weighted by atomic mass is 31.2. The fourth-order valence-corrected chi connectivity index (χ4v) is 7.71. The van der Waals surface area contributed by atoms with Gasteiger partial charge in [0.25, 0.3) is 0 Å². The largest absolute Gasteiger partial charge is 0.309 e. The second-order valence-corrected chi connectivity index (χ2v) is 11.9. The molecule has 0 fully saturated rings. The molecule has 0 N–H and O–H groups in total. The molecule has 6 aromatic rings. The summed E-state index contributed by atoms with van der Waals surface area (Å²) in [6, 6.07) is 41.0. The molecule has 0 amide bonds. The molecule has 0 saturated carbocycles. The monoisotopic (exact) mass is 483 g/mol. The van der Waals surface area contributed by atoms with Gasteiger partial charge < -0.3 is 9.13 Å². The maximum absolute atomic E-state index is 14.8. The number of nitrogens with zero attached hydrogens (tertiary/aromatic N) is 1. The van der Waals surface area contributed by atoms with Crippen LogP contribution in [0.3, 0.4) is 0 Å². The molecule has 0 aliphatic heterocycles. The van der Waals surface area contributed by atoms with Crippen molar-refractivity contribution in [2.45, 2.75) is 6.92 Å². The van der Waals surface area contributed by atoms with Crippen LogP contribution >= 0.6 is 7.14 Å². The van der Waals surface area contributed by atoms with Crippen LogP contribution in [0.5, 0.6) is 0 Å². The van der Waals surface area contributed by atoms with E-state index in [0.717, 1.165) is 32.7 Å². The van der Waals surface area contributed by atoms with Crippen LogP contribution < -0.4 is 15.9 Å². The molecule has 0 spiro atoms. The third-order valence-corrected chi connectivity index (χ3v) is 9.99. The average molecular weight is 484 g/mol. The van der Waals surface area contributed by atoms with Crippen molar-refractivity contribution < 1.29 is 4.57 Å². The van der Waals surface area contributed by atoms with E-state index in [2.05, 4.69) is 72.7 Å². The summed E-state index contributed by atoms with van der Waals surface area (Å²) in [6.07, 6.45) is 1.80. The van der Waals surface area contributed by atoms with Crippen LogP contribution in [0.4, 0.5) is 0 Å². The Labute approximate surface area is 211 Å². The number of hydrogen-bond donors (Lipinski definition) is 0. The smallest absolute Gasteiger partial charge is 0.171 e. The molecule has 0 radical (unpaired) electrons. The summed E-state index contributed by atoms with van der Waals surface area (Å²) in [7, 11) is -3.05. The number of aryl methyl sites for hydroxylation is 1. The lowest BCUT2D eigenvalue weighted by molar-refractivity contribution is 0.592. The van der Waals surface area contributed by atoms with Gasteiger partial charge in [-0.2, -0.15) is 0 Å². The number of aromatic nitrogens is 1. The predicted molar refractivity (Wildman–Crippen MR) is 155 cm³/mol. The molecule has 1 atom stereocenters. The van der Waals surface area contributed by atoms with E-state index in [-0.39, 0.29) is 0 Å². The summed E-state index contributed by atoms with van der Waals surface area (Å²) in [5, 5.41) is 4.95. The van der Waals surface area contributed by atoms with Crippen LogP contribution in [0, 0.1) is 6.92 Å². The maximum Gasteiger partial charge on any atom is 0.171 e. The second-order valence-electron chi connectivity index (χ2n) is 9.13. The van der Waals surface area contributed by atoms with Gasteiger partial charge in [-0.25, -0.2) is 0 Å². The molecule has 1 heterocycles. The van der Waals surface area contributed by atoms with Crippen LogP contribution in [-0.2, 0) is 4.57 Å². The van der Waals surface area contributed by atoms with Crippen molar-refractivity contribution in [1.82, 2.24) is 4.57 Å². The maximum atomic E-state index is 14.8. The van der Waals surface area contributed by atoms with Gasteiger partial charge in [0.2, 0.25) is 0 Å². The molecule has 1 aromatic heterocycles. The normalized spacial score (nSPS) is 13.0. The Bertz CT molecular complexity index is 1760. The third-order valence-electron chi connectivity index (χ3n) is 6.91. The van der Waals surface area contributed by atoms with Crippen LogP contribution in [-0.4, -0.2) is 4.57 Å². The van der Waals surface area contributed by atoms with E-state index in [0.29, 0.717) is 0 Å². The molecule has 0 aliphatic rings. The predicted octanol–water partition coefficient (Wildman–Crippen LogP) is 7.37. The fourth-order valence-electron chi connectivity index (χ4n) is 5.08. The molecular weight excluding hydrogens is 457 g/mol. The molecule has 36 heavy (non-hydrogen) atoms. The van der Waals surface area contributed by atoms with Gasteiger partial charge in [0.05, 0.1) is 11.0 Å². The molecule has 5 aromatic carbocycles. The van der Waals surface area contributed by atoms with E-state index in [1.54, 1.807) is 6.08 Å². The quantitative estimate of drug-likeness (QED) is 0.235. The molecule has 0 saturated heterocycles. The van der Waals surface area contributed by atoms with Crippen molar-refractivity contribution in [2.75, 3.05) is 0 Å². The zero-order valence-electron chi connectivity index (χ0n) is 20.1. The number of benzene rings is 5. The molecule has 6 rings (SSSR count). The Morgan fingerprint density at radius 1 is 0.639 bits per heavy atom.